The molecule has 4 heteroatoms. The molecule has 2 saturated carbocycles. The Morgan fingerprint density at radius 2 is 2.10 bits per heavy atom. The second kappa shape index (κ2) is 4.48. The zero-order valence-electron chi connectivity index (χ0n) is 13.3. The minimum atomic E-state index is 0.385. The molecule has 3 rings (SSSR count). The van der Waals surface area contributed by atoms with Gasteiger partial charge in [-0.25, -0.2) is 0 Å². The minimum Gasteiger partial charge on any atom is -0.309 e. The van der Waals surface area contributed by atoms with Crippen LogP contribution in [0.1, 0.15) is 51.3 Å². The number of nitrogens with one attached hydrogen (secondary N) is 1. The van der Waals surface area contributed by atoms with E-state index in [2.05, 4.69) is 31.2 Å². The largest absolute Gasteiger partial charge is 0.309 e. The zero-order chi connectivity index (χ0) is 14.7. The number of aromatic nitrogens is 2. The van der Waals surface area contributed by atoms with Crippen LogP contribution >= 0.6 is 11.6 Å². The lowest BCUT2D eigenvalue weighted by Crippen LogP contribution is -2.50. The summed E-state index contributed by atoms with van der Waals surface area (Å²) >= 11 is 6.34. The van der Waals surface area contributed by atoms with Gasteiger partial charge in [0.1, 0.15) is 5.15 Å². The molecular formula is C16H26ClN3. The highest BCUT2D eigenvalue weighted by atomic mass is 35.5. The van der Waals surface area contributed by atoms with Gasteiger partial charge in [0.2, 0.25) is 0 Å². The van der Waals surface area contributed by atoms with Crippen LogP contribution in [-0.2, 0) is 13.6 Å². The molecule has 0 spiro atoms. The molecule has 2 fully saturated rings. The van der Waals surface area contributed by atoms with Crippen molar-refractivity contribution in [2.24, 2.45) is 23.8 Å². The Kier molecular flexibility index (Phi) is 3.22. The van der Waals surface area contributed by atoms with E-state index in [4.69, 9.17) is 11.6 Å². The van der Waals surface area contributed by atoms with Gasteiger partial charge in [-0.1, -0.05) is 32.4 Å². The molecule has 2 bridgehead atoms. The number of aryl methyl sites for hydroxylation is 2. The predicted octanol–water partition coefficient (Wildman–Crippen LogP) is 3.69. The summed E-state index contributed by atoms with van der Waals surface area (Å²) < 4.78 is 1.77. The molecule has 112 valence electrons. The third-order valence-corrected chi connectivity index (χ3v) is 6.50. The molecule has 2 aliphatic rings. The maximum absolute atomic E-state index is 6.34. The van der Waals surface area contributed by atoms with E-state index in [1.165, 1.54) is 19.3 Å². The van der Waals surface area contributed by atoms with Crippen LogP contribution < -0.4 is 5.32 Å². The van der Waals surface area contributed by atoms with Gasteiger partial charge in [-0.05, 0) is 42.9 Å². The summed E-state index contributed by atoms with van der Waals surface area (Å²) in [7, 11) is 1.90. The Bertz CT molecular complexity index is 529. The average Bonchev–Trinajstić information content (AvgIpc) is 2.91. The van der Waals surface area contributed by atoms with Crippen LogP contribution in [0, 0.1) is 23.7 Å². The Morgan fingerprint density at radius 1 is 1.40 bits per heavy atom. The molecule has 20 heavy (non-hydrogen) atoms. The van der Waals surface area contributed by atoms with E-state index in [1.54, 1.807) is 4.68 Å². The van der Waals surface area contributed by atoms with Gasteiger partial charge in [0.25, 0.3) is 0 Å². The highest BCUT2D eigenvalue weighted by Gasteiger charge is 2.58. The van der Waals surface area contributed by atoms with Gasteiger partial charge in [0.15, 0.2) is 0 Å². The summed E-state index contributed by atoms with van der Waals surface area (Å²) in [6.07, 6.45) is 4.13. The summed E-state index contributed by atoms with van der Waals surface area (Å²) in [5.74, 6) is 0.871. The Balaban J connectivity index is 1.78. The number of halogens is 1. The van der Waals surface area contributed by atoms with Crippen molar-refractivity contribution < 1.29 is 0 Å². The number of nitrogens with zero attached hydrogens (tertiary/aromatic N) is 2. The summed E-state index contributed by atoms with van der Waals surface area (Å²) in [5, 5.41) is 8.98. The lowest BCUT2D eigenvalue weighted by molar-refractivity contribution is 0.108. The highest BCUT2D eigenvalue weighted by Crippen LogP contribution is 2.62. The number of fused-ring (bicyclic) bond motifs is 2. The summed E-state index contributed by atoms with van der Waals surface area (Å²) in [5.41, 5.74) is 3.03. The molecule has 0 aliphatic heterocycles. The van der Waals surface area contributed by atoms with Gasteiger partial charge in [-0.15, -0.1) is 0 Å². The molecule has 1 N–H and O–H groups in total. The van der Waals surface area contributed by atoms with Gasteiger partial charge in [-0.2, -0.15) is 5.10 Å². The van der Waals surface area contributed by atoms with Crippen LogP contribution in [0.3, 0.4) is 0 Å². The first-order chi connectivity index (χ1) is 9.25. The van der Waals surface area contributed by atoms with E-state index in [0.29, 0.717) is 16.9 Å². The van der Waals surface area contributed by atoms with Gasteiger partial charge in [0.05, 0.1) is 5.69 Å². The number of hydrogen-bond donors (Lipinski definition) is 1. The van der Waals surface area contributed by atoms with Crippen LogP contribution in [0.2, 0.25) is 5.15 Å². The first-order valence-electron chi connectivity index (χ1n) is 7.67. The first kappa shape index (κ1) is 14.4. The van der Waals surface area contributed by atoms with Crippen molar-refractivity contribution in [1.82, 2.24) is 15.1 Å². The van der Waals surface area contributed by atoms with E-state index in [1.807, 2.05) is 14.0 Å². The Hall–Kier alpha value is -0.540. The Morgan fingerprint density at radius 3 is 2.60 bits per heavy atom. The van der Waals surface area contributed by atoms with Crippen LogP contribution in [0.4, 0.5) is 0 Å². The molecule has 1 aromatic rings. The van der Waals surface area contributed by atoms with Crippen LogP contribution in [0.5, 0.6) is 0 Å². The molecule has 1 aromatic heterocycles. The van der Waals surface area contributed by atoms with Gasteiger partial charge >= 0.3 is 0 Å². The smallest absolute Gasteiger partial charge is 0.131 e. The van der Waals surface area contributed by atoms with Crippen LogP contribution in [0.15, 0.2) is 0 Å². The SMILES string of the molecule is Cc1nn(C)c(Cl)c1CNC1C2(C)CCC(C2)C1(C)C. The van der Waals surface area contributed by atoms with Gasteiger partial charge in [0, 0.05) is 25.2 Å². The molecule has 0 amide bonds. The van der Waals surface area contributed by atoms with Gasteiger partial charge in [-0.3, -0.25) is 4.68 Å². The topological polar surface area (TPSA) is 29.9 Å². The summed E-state index contributed by atoms with van der Waals surface area (Å²) in [6.45, 7) is 10.2. The number of rotatable bonds is 3. The van der Waals surface area contributed by atoms with E-state index >= 15 is 0 Å². The normalized spacial score (nSPS) is 34.9. The van der Waals surface area contributed by atoms with Gasteiger partial charge < -0.3 is 5.32 Å². The van der Waals surface area contributed by atoms with Crippen molar-refractivity contribution in [3.8, 4) is 0 Å². The van der Waals surface area contributed by atoms with Crippen molar-refractivity contribution in [2.75, 3.05) is 0 Å². The second-order valence-corrected chi connectivity index (χ2v) is 8.07. The fraction of sp³-hybridized carbons (Fsp3) is 0.812. The molecule has 0 aromatic carbocycles. The lowest BCUT2D eigenvalue weighted by Gasteiger charge is -2.43. The second-order valence-electron chi connectivity index (χ2n) is 7.71. The van der Waals surface area contributed by atoms with E-state index in [-0.39, 0.29) is 0 Å². The summed E-state index contributed by atoms with van der Waals surface area (Å²) in [6, 6.07) is 0.574. The number of hydrogen-bond acceptors (Lipinski definition) is 2. The maximum atomic E-state index is 6.34. The standard InChI is InChI=1S/C16H26ClN3/c1-10-12(13(17)20(5)19-10)9-18-14-15(2,3)11-6-7-16(14,4)8-11/h11,14,18H,6-9H2,1-5H3. The maximum Gasteiger partial charge on any atom is 0.131 e. The predicted molar refractivity (Wildman–Crippen MR) is 82.8 cm³/mol. The minimum absolute atomic E-state index is 0.385. The fourth-order valence-corrected chi connectivity index (χ4v) is 5.13. The zero-order valence-corrected chi connectivity index (χ0v) is 14.0. The quantitative estimate of drug-likeness (QED) is 0.922. The molecule has 0 saturated heterocycles. The van der Waals surface area contributed by atoms with Crippen LogP contribution in [0.25, 0.3) is 0 Å². The fourth-order valence-electron chi connectivity index (χ4n) is 4.89. The summed E-state index contributed by atoms with van der Waals surface area (Å²) in [4.78, 5) is 0. The van der Waals surface area contributed by atoms with Crippen molar-refractivity contribution >= 4 is 11.6 Å². The molecule has 1 heterocycles. The van der Waals surface area contributed by atoms with E-state index in [0.717, 1.165) is 28.9 Å². The van der Waals surface area contributed by atoms with E-state index < -0.39 is 0 Å². The van der Waals surface area contributed by atoms with Crippen molar-refractivity contribution in [3.63, 3.8) is 0 Å². The third-order valence-electron chi connectivity index (χ3n) is 6.02. The first-order valence-corrected chi connectivity index (χ1v) is 8.05. The third kappa shape index (κ3) is 1.93. The molecular weight excluding hydrogens is 270 g/mol. The molecule has 3 atom stereocenters. The van der Waals surface area contributed by atoms with Crippen LogP contribution in [-0.4, -0.2) is 15.8 Å². The monoisotopic (exact) mass is 295 g/mol. The highest BCUT2D eigenvalue weighted by molar-refractivity contribution is 6.30. The lowest BCUT2D eigenvalue weighted by atomic mass is 9.68. The Labute approximate surface area is 127 Å². The molecule has 3 unspecified atom stereocenters. The molecule has 2 aliphatic carbocycles. The van der Waals surface area contributed by atoms with Crippen molar-refractivity contribution in [1.29, 1.82) is 0 Å². The molecule has 0 radical (unpaired) electrons. The average molecular weight is 296 g/mol. The van der Waals surface area contributed by atoms with Crippen molar-refractivity contribution in [2.45, 2.75) is 59.5 Å². The van der Waals surface area contributed by atoms with E-state index in [9.17, 15) is 0 Å². The molecule has 3 nitrogen and oxygen atoms in total. The van der Waals surface area contributed by atoms with Crippen molar-refractivity contribution in [3.05, 3.63) is 16.4 Å².